The molecule has 0 spiro atoms. The lowest BCUT2D eigenvalue weighted by atomic mass is 9.96. The minimum Gasteiger partial charge on any atom is -0.394 e. The molecule has 11 heteroatoms. The molecule has 1 aliphatic heterocycles. The van der Waals surface area contributed by atoms with Crippen LogP contribution in [0.4, 0.5) is 11.5 Å². The van der Waals surface area contributed by atoms with E-state index >= 15 is 0 Å². The molecule has 0 unspecified atom stereocenters. The number of nitrogen functional groups attached to an aromatic ring is 1. The van der Waals surface area contributed by atoms with Crippen LogP contribution in [0.15, 0.2) is 12.5 Å². The average molecular weight is 325 g/mol. The summed E-state index contributed by atoms with van der Waals surface area (Å²) in [5, 5.41) is 41.0. The fourth-order valence-electron chi connectivity index (χ4n) is 2.80. The second-order valence-electron chi connectivity index (χ2n) is 5.52. The third kappa shape index (κ3) is 2.13. The molecule has 3 rings (SSSR count). The number of anilines is 1. The first-order chi connectivity index (χ1) is 10.8. The number of hydrogen-bond acceptors (Lipinski definition) is 9. The molecular weight excluding hydrogens is 310 g/mol. The number of nitrogens with two attached hydrogens (primary N) is 1. The first-order valence-electron chi connectivity index (χ1n) is 6.71. The SMILES string of the molecule is C[C@@]1(O)[C@H](O)[C@@H](CO)O[C@H]1n1cc([N+](=O)[O-])c2c(N)ncnc21. The normalized spacial score (nSPS) is 30.9. The molecule has 0 bridgehead atoms. The Balaban J connectivity index is 2.21. The van der Waals surface area contributed by atoms with Gasteiger partial charge in [0, 0.05) is 0 Å². The Hall–Kier alpha value is -2.34. The zero-order valence-electron chi connectivity index (χ0n) is 12.0. The lowest BCUT2D eigenvalue weighted by molar-refractivity contribution is -0.383. The quantitative estimate of drug-likeness (QED) is 0.405. The summed E-state index contributed by atoms with van der Waals surface area (Å²) in [7, 11) is 0. The van der Waals surface area contributed by atoms with Gasteiger partial charge in [-0.3, -0.25) is 14.7 Å². The van der Waals surface area contributed by atoms with Crippen LogP contribution in [-0.4, -0.2) is 59.2 Å². The molecule has 4 atom stereocenters. The van der Waals surface area contributed by atoms with E-state index in [4.69, 9.17) is 10.5 Å². The Morgan fingerprint density at radius 1 is 1.57 bits per heavy atom. The number of ether oxygens (including phenoxy) is 1. The molecule has 1 saturated heterocycles. The van der Waals surface area contributed by atoms with E-state index in [-0.39, 0.29) is 22.5 Å². The van der Waals surface area contributed by atoms with Gasteiger partial charge in [0.15, 0.2) is 11.9 Å². The summed E-state index contributed by atoms with van der Waals surface area (Å²) >= 11 is 0. The Kier molecular flexibility index (Phi) is 3.44. The summed E-state index contributed by atoms with van der Waals surface area (Å²) in [6.45, 7) is 0.784. The van der Waals surface area contributed by atoms with E-state index in [1.165, 1.54) is 11.5 Å². The smallest absolute Gasteiger partial charge is 0.300 e. The number of fused-ring (bicyclic) bond motifs is 1. The van der Waals surface area contributed by atoms with Crippen molar-refractivity contribution < 1.29 is 25.0 Å². The largest absolute Gasteiger partial charge is 0.394 e. The topological polar surface area (TPSA) is 170 Å². The molecule has 124 valence electrons. The van der Waals surface area contributed by atoms with Crippen molar-refractivity contribution in [3.63, 3.8) is 0 Å². The van der Waals surface area contributed by atoms with Crippen molar-refractivity contribution >= 4 is 22.5 Å². The van der Waals surface area contributed by atoms with E-state index in [0.29, 0.717) is 0 Å². The number of aromatic nitrogens is 3. The van der Waals surface area contributed by atoms with Gasteiger partial charge in [-0.15, -0.1) is 0 Å². The highest BCUT2D eigenvalue weighted by molar-refractivity contribution is 5.95. The average Bonchev–Trinajstić information content (AvgIpc) is 2.97. The number of aliphatic hydroxyl groups is 3. The minimum absolute atomic E-state index is 0.0128. The highest BCUT2D eigenvalue weighted by atomic mass is 16.6. The molecule has 2 aromatic rings. The van der Waals surface area contributed by atoms with Crippen molar-refractivity contribution in [3.8, 4) is 0 Å². The van der Waals surface area contributed by atoms with Gasteiger partial charge in [-0.1, -0.05) is 0 Å². The van der Waals surface area contributed by atoms with E-state index in [1.54, 1.807) is 0 Å². The van der Waals surface area contributed by atoms with Crippen molar-refractivity contribution in [1.82, 2.24) is 14.5 Å². The molecule has 5 N–H and O–H groups in total. The Morgan fingerprint density at radius 3 is 2.83 bits per heavy atom. The van der Waals surface area contributed by atoms with Crippen molar-refractivity contribution in [1.29, 1.82) is 0 Å². The van der Waals surface area contributed by atoms with Gasteiger partial charge in [0.25, 0.3) is 5.69 Å². The van der Waals surface area contributed by atoms with Gasteiger partial charge >= 0.3 is 0 Å². The molecule has 3 heterocycles. The molecule has 11 nitrogen and oxygen atoms in total. The standard InChI is InChI=1S/C12H15N5O6/c1-12(20)8(19)6(3-18)23-11(12)16-2-5(17(21)22)7-9(13)14-4-15-10(7)16/h2,4,6,8,11,18-20H,3H2,1H3,(H2,13,14,15)/t6-,8-,11-,12-/m1/s1. The van der Waals surface area contributed by atoms with Crippen LogP contribution < -0.4 is 5.73 Å². The maximum absolute atomic E-state index is 11.2. The van der Waals surface area contributed by atoms with Crippen LogP contribution in [0.1, 0.15) is 13.2 Å². The third-order valence-corrected chi connectivity index (χ3v) is 4.00. The van der Waals surface area contributed by atoms with E-state index in [1.807, 2.05) is 0 Å². The molecule has 2 aromatic heterocycles. The van der Waals surface area contributed by atoms with Crippen LogP contribution in [0.25, 0.3) is 11.0 Å². The number of nitro groups is 1. The number of hydrogen-bond donors (Lipinski definition) is 4. The van der Waals surface area contributed by atoms with Gasteiger partial charge in [-0.2, -0.15) is 0 Å². The fraction of sp³-hybridized carbons (Fsp3) is 0.500. The second kappa shape index (κ2) is 5.09. The maximum Gasteiger partial charge on any atom is 0.300 e. The molecule has 0 radical (unpaired) electrons. The summed E-state index contributed by atoms with van der Waals surface area (Å²) in [6.07, 6.45) is -1.37. The second-order valence-corrected chi connectivity index (χ2v) is 5.52. The van der Waals surface area contributed by atoms with Gasteiger partial charge in [0.05, 0.1) is 17.7 Å². The predicted molar refractivity (Wildman–Crippen MR) is 76.2 cm³/mol. The van der Waals surface area contributed by atoms with E-state index in [0.717, 1.165) is 12.5 Å². The molecule has 0 amide bonds. The van der Waals surface area contributed by atoms with Gasteiger partial charge in [-0.05, 0) is 6.92 Å². The van der Waals surface area contributed by atoms with Crippen LogP contribution in [0.2, 0.25) is 0 Å². The zero-order chi connectivity index (χ0) is 16.9. The summed E-state index contributed by atoms with van der Waals surface area (Å²) in [5.74, 6) is -0.0858. The van der Waals surface area contributed by atoms with Gasteiger partial charge in [0.2, 0.25) is 0 Å². The highest BCUT2D eigenvalue weighted by Gasteiger charge is 2.53. The molecule has 0 aliphatic carbocycles. The lowest BCUT2D eigenvalue weighted by Gasteiger charge is -2.27. The maximum atomic E-state index is 11.2. The van der Waals surface area contributed by atoms with Crippen molar-refractivity contribution in [2.45, 2.75) is 31.0 Å². The van der Waals surface area contributed by atoms with Crippen LogP contribution in [0.5, 0.6) is 0 Å². The fourth-order valence-corrected chi connectivity index (χ4v) is 2.80. The predicted octanol–water partition coefficient (Wildman–Crippen LogP) is -1.08. The van der Waals surface area contributed by atoms with Gasteiger partial charge in [-0.25, -0.2) is 9.97 Å². The third-order valence-electron chi connectivity index (χ3n) is 4.00. The summed E-state index contributed by atoms with van der Waals surface area (Å²) < 4.78 is 6.67. The van der Waals surface area contributed by atoms with E-state index in [2.05, 4.69) is 9.97 Å². The Labute approximate surface area is 129 Å². The van der Waals surface area contributed by atoms with Crippen molar-refractivity contribution in [2.24, 2.45) is 0 Å². The number of aliphatic hydroxyl groups excluding tert-OH is 2. The van der Waals surface area contributed by atoms with Crippen molar-refractivity contribution in [2.75, 3.05) is 12.3 Å². The molecule has 1 aliphatic rings. The minimum atomic E-state index is -1.80. The summed E-state index contributed by atoms with van der Waals surface area (Å²) in [6, 6.07) is 0. The molecule has 1 fully saturated rings. The zero-order valence-corrected chi connectivity index (χ0v) is 12.0. The monoisotopic (exact) mass is 325 g/mol. The van der Waals surface area contributed by atoms with Gasteiger partial charge < -0.3 is 25.8 Å². The van der Waals surface area contributed by atoms with Crippen LogP contribution >= 0.6 is 0 Å². The molecular formula is C12H15N5O6. The van der Waals surface area contributed by atoms with E-state index < -0.39 is 35.6 Å². The van der Waals surface area contributed by atoms with Crippen molar-refractivity contribution in [3.05, 3.63) is 22.6 Å². The van der Waals surface area contributed by atoms with Gasteiger partial charge in [0.1, 0.15) is 35.3 Å². The summed E-state index contributed by atoms with van der Waals surface area (Å²) in [5.41, 5.74) is 3.63. The van der Waals surface area contributed by atoms with Crippen LogP contribution in [0, 0.1) is 10.1 Å². The first kappa shape index (κ1) is 15.6. The number of nitrogens with zero attached hydrogens (tertiary/aromatic N) is 4. The van der Waals surface area contributed by atoms with Crippen LogP contribution in [-0.2, 0) is 4.74 Å². The first-order valence-corrected chi connectivity index (χ1v) is 6.71. The van der Waals surface area contributed by atoms with E-state index in [9.17, 15) is 25.4 Å². The Morgan fingerprint density at radius 2 is 2.26 bits per heavy atom. The molecule has 0 aromatic carbocycles. The Bertz CT molecular complexity index is 775. The molecule has 23 heavy (non-hydrogen) atoms. The lowest BCUT2D eigenvalue weighted by Crippen LogP contribution is -2.44. The highest BCUT2D eigenvalue weighted by Crippen LogP contribution is 2.42. The van der Waals surface area contributed by atoms with Crippen LogP contribution in [0.3, 0.4) is 0 Å². The molecule has 0 saturated carbocycles. The summed E-state index contributed by atoms with van der Waals surface area (Å²) in [4.78, 5) is 18.3. The number of rotatable bonds is 3.